The second kappa shape index (κ2) is 2.83. The molecule has 0 amide bonds. The summed E-state index contributed by atoms with van der Waals surface area (Å²) in [6.45, 7) is 4.69. The molecule has 0 bridgehead atoms. The van der Waals surface area contributed by atoms with Gasteiger partial charge in [0.15, 0.2) is 11.6 Å². The van der Waals surface area contributed by atoms with Crippen LogP contribution in [0.4, 0.5) is 5.82 Å². The second-order valence-electron chi connectivity index (χ2n) is 4.23. The van der Waals surface area contributed by atoms with E-state index in [1.54, 1.807) is 4.68 Å². The van der Waals surface area contributed by atoms with Gasteiger partial charge in [0.05, 0.1) is 5.54 Å². The maximum atomic E-state index is 11.6. The molecule has 1 aromatic heterocycles. The first kappa shape index (κ1) is 9.24. The van der Waals surface area contributed by atoms with Crippen molar-refractivity contribution in [2.75, 3.05) is 11.4 Å². The Labute approximate surface area is 83.5 Å². The largest absolute Gasteiger partial charge is 0.343 e. The van der Waals surface area contributed by atoms with Crippen LogP contribution in [-0.4, -0.2) is 27.6 Å². The van der Waals surface area contributed by atoms with Crippen LogP contribution in [0, 0.1) is 0 Å². The van der Waals surface area contributed by atoms with E-state index in [0.717, 1.165) is 12.4 Å². The van der Waals surface area contributed by atoms with Gasteiger partial charge >= 0.3 is 0 Å². The molecule has 14 heavy (non-hydrogen) atoms. The van der Waals surface area contributed by atoms with Gasteiger partial charge in [-0.15, -0.1) is 0 Å². The summed E-state index contributed by atoms with van der Waals surface area (Å²) in [6.07, 6.45) is 2.53. The average Bonchev–Trinajstić information content (AvgIpc) is 2.60. The molecular weight excluding hydrogens is 178 g/mol. The lowest BCUT2D eigenvalue weighted by Gasteiger charge is -2.29. The second-order valence-corrected chi connectivity index (χ2v) is 4.23. The monoisotopic (exact) mass is 193 g/mol. The van der Waals surface area contributed by atoms with E-state index in [1.807, 2.05) is 33.2 Å². The molecule has 1 aromatic rings. The van der Waals surface area contributed by atoms with Crippen LogP contribution in [-0.2, 0) is 11.8 Å². The number of carbonyl (C=O) groups excluding carboxylic acids is 1. The Hall–Kier alpha value is -1.32. The van der Waals surface area contributed by atoms with Crippen LogP contribution < -0.4 is 4.90 Å². The number of aryl methyl sites for hydroxylation is 1. The molecule has 0 spiro atoms. The van der Waals surface area contributed by atoms with Crippen molar-refractivity contribution < 1.29 is 4.79 Å². The summed E-state index contributed by atoms with van der Waals surface area (Å²) in [5, 5.41) is 4.31. The molecule has 2 rings (SSSR count). The van der Waals surface area contributed by atoms with Gasteiger partial charge in [-0.05, 0) is 13.8 Å². The highest BCUT2D eigenvalue weighted by Crippen LogP contribution is 2.29. The van der Waals surface area contributed by atoms with E-state index >= 15 is 0 Å². The third kappa shape index (κ3) is 1.22. The van der Waals surface area contributed by atoms with E-state index in [9.17, 15) is 4.79 Å². The van der Waals surface area contributed by atoms with Gasteiger partial charge < -0.3 is 4.90 Å². The maximum absolute atomic E-state index is 11.6. The van der Waals surface area contributed by atoms with Crippen molar-refractivity contribution in [2.24, 2.45) is 7.05 Å². The zero-order valence-corrected chi connectivity index (χ0v) is 8.82. The lowest BCUT2D eigenvalue weighted by Crippen LogP contribution is -2.43. The molecule has 76 valence electrons. The van der Waals surface area contributed by atoms with Gasteiger partial charge in [0, 0.05) is 32.3 Å². The zero-order valence-electron chi connectivity index (χ0n) is 8.82. The number of ketones is 1. The van der Waals surface area contributed by atoms with Crippen LogP contribution in [0.25, 0.3) is 0 Å². The van der Waals surface area contributed by atoms with Crippen LogP contribution in [0.5, 0.6) is 0 Å². The van der Waals surface area contributed by atoms with Crippen molar-refractivity contribution in [2.45, 2.75) is 25.8 Å². The highest BCUT2D eigenvalue weighted by molar-refractivity contribution is 5.94. The Bertz CT molecular complexity index is 367. The van der Waals surface area contributed by atoms with Gasteiger partial charge in [-0.3, -0.25) is 9.48 Å². The lowest BCUT2D eigenvalue weighted by molar-refractivity contribution is -0.120. The van der Waals surface area contributed by atoms with Gasteiger partial charge in [0.1, 0.15) is 0 Å². The number of carbonyl (C=O) groups is 1. The van der Waals surface area contributed by atoms with Crippen molar-refractivity contribution in [1.82, 2.24) is 9.78 Å². The SMILES string of the molecule is Cn1ccc(N2CCC(=O)C2(C)C)n1. The fraction of sp³-hybridized carbons (Fsp3) is 0.600. The lowest BCUT2D eigenvalue weighted by atomic mass is 10.0. The third-order valence-electron chi connectivity index (χ3n) is 2.90. The quantitative estimate of drug-likeness (QED) is 0.667. The molecule has 0 radical (unpaired) electrons. The molecule has 1 aliphatic heterocycles. The minimum Gasteiger partial charge on any atom is -0.343 e. The molecule has 0 aromatic carbocycles. The molecule has 0 aliphatic carbocycles. The molecule has 0 unspecified atom stereocenters. The molecule has 0 atom stereocenters. The molecule has 4 heteroatoms. The normalized spacial score (nSPS) is 20.5. The fourth-order valence-corrected chi connectivity index (χ4v) is 1.90. The Morgan fingerprint density at radius 2 is 2.21 bits per heavy atom. The number of aromatic nitrogens is 2. The Balaban J connectivity index is 2.32. The smallest absolute Gasteiger partial charge is 0.159 e. The first-order valence-corrected chi connectivity index (χ1v) is 4.82. The molecule has 1 aliphatic rings. The predicted octanol–water partition coefficient (Wildman–Crippen LogP) is 0.978. The molecule has 0 N–H and O–H groups in total. The van der Waals surface area contributed by atoms with E-state index in [1.165, 1.54) is 0 Å². The van der Waals surface area contributed by atoms with E-state index in [2.05, 4.69) is 10.00 Å². The van der Waals surface area contributed by atoms with Gasteiger partial charge in [-0.25, -0.2) is 0 Å². The van der Waals surface area contributed by atoms with E-state index in [-0.39, 0.29) is 0 Å². The predicted molar refractivity (Wildman–Crippen MR) is 54.3 cm³/mol. The molecule has 2 heterocycles. The summed E-state index contributed by atoms with van der Waals surface area (Å²) in [6, 6.07) is 1.94. The first-order valence-electron chi connectivity index (χ1n) is 4.82. The topological polar surface area (TPSA) is 38.1 Å². The summed E-state index contributed by atoms with van der Waals surface area (Å²) in [5.41, 5.74) is -0.394. The Morgan fingerprint density at radius 3 is 2.64 bits per heavy atom. The summed E-state index contributed by atoms with van der Waals surface area (Å²) in [7, 11) is 1.88. The van der Waals surface area contributed by atoms with Gasteiger partial charge in [0.25, 0.3) is 0 Å². The maximum Gasteiger partial charge on any atom is 0.159 e. The molecule has 4 nitrogen and oxygen atoms in total. The average molecular weight is 193 g/mol. The number of Topliss-reactive ketones (excluding diaryl/α,β-unsaturated/α-hetero) is 1. The Kier molecular flexibility index (Phi) is 1.87. The van der Waals surface area contributed by atoms with Crippen LogP contribution in [0.2, 0.25) is 0 Å². The minimum atomic E-state index is -0.394. The van der Waals surface area contributed by atoms with Crippen molar-refractivity contribution in [3.8, 4) is 0 Å². The van der Waals surface area contributed by atoms with E-state index < -0.39 is 5.54 Å². The summed E-state index contributed by atoms with van der Waals surface area (Å²) in [4.78, 5) is 13.7. The number of nitrogens with zero attached hydrogens (tertiary/aromatic N) is 3. The summed E-state index contributed by atoms with van der Waals surface area (Å²) in [5.74, 6) is 1.19. The molecule has 0 saturated carbocycles. The van der Waals surface area contributed by atoms with Crippen molar-refractivity contribution >= 4 is 11.6 Å². The van der Waals surface area contributed by atoms with Gasteiger partial charge in [-0.2, -0.15) is 5.10 Å². The van der Waals surface area contributed by atoms with Crippen LogP contribution in [0.15, 0.2) is 12.3 Å². The number of anilines is 1. The van der Waals surface area contributed by atoms with Crippen LogP contribution >= 0.6 is 0 Å². The van der Waals surface area contributed by atoms with E-state index in [4.69, 9.17) is 0 Å². The minimum absolute atomic E-state index is 0.295. The number of hydrogen-bond donors (Lipinski definition) is 0. The van der Waals surface area contributed by atoms with Crippen molar-refractivity contribution in [1.29, 1.82) is 0 Å². The zero-order chi connectivity index (χ0) is 10.3. The highest BCUT2D eigenvalue weighted by Gasteiger charge is 2.40. The summed E-state index contributed by atoms with van der Waals surface area (Å²) < 4.78 is 1.76. The van der Waals surface area contributed by atoms with Crippen molar-refractivity contribution in [3.63, 3.8) is 0 Å². The standard InChI is InChI=1S/C10H15N3O/c1-10(2)8(14)4-7-13(10)9-5-6-12(3)11-9/h5-6H,4,7H2,1-3H3. The highest BCUT2D eigenvalue weighted by atomic mass is 16.1. The molecule has 1 fully saturated rings. The third-order valence-corrected chi connectivity index (χ3v) is 2.90. The van der Waals surface area contributed by atoms with Crippen molar-refractivity contribution in [3.05, 3.63) is 12.3 Å². The van der Waals surface area contributed by atoms with Crippen LogP contribution in [0.1, 0.15) is 20.3 Å². The Morgan fingerprint density at radius 1 is 1.50 bits per heavy atom. The summed E-state index contributed by atoms with van der Waals surface area (Å²) >= 11 is 0. The molecule has 1 saturated heterocycles. The van der Waals surface area contributed by atoms with Crippen LogP contribution in [0.3, 0.4) is 0 Å². The fourth-order valence-electron chi connectivity index (χ4n) is 1.90. The number of hydrogen-bond acceptors (Lipinski definition) is 3. The van der Waals surface area contributed by atoms with Gasteiger partial charge in [0.2, 0.25) is 0 Å². The first-order chi connectivity index (χ1) is 6.51. The molecular formula is C10H15N3O. The van der Waals surface area contributed by atoms with E-state index in [0.29, 0.717) is 12.2 Å². The van der Waals surface area contributed by atoms with Gasteiger partial charge in [-0.1, -0.05) is 0 Å². The number of rotatable bonds is 1.